The number of hydrogen-bond acceptors (Lipinski definition) is 7. The van der Waals surface area contributed by atoms with Crippen molar-refractivity contribution < 1.29 is 9.26 Å². The van der Waals surface area contributed by atoms with Gasteiger partial charge in [0.2, 0.25) is 5.89 Å². The Kier molecular flexibility index (Phi) is 3.67. The molecule has 106 valence electrons. The van der Waals surface area contributed by atoms with E-state index in [-0.39, 0.29) is 12.1 Å². The van der Waals surface area contributed by atoms with Gasteiger partial charge < -0.3 is 24.4 Å². The summed E-state index contributed by atoms with van der Waals surface area (Å²) in [7, 11) is 3.87. The average molecular weight is 267 g/mol. The molecule has 0 amide bonds. The molecule has 19 heavy (non-hydrogen) atoms. The van der Waals surface area contributed by atoms with Crippen LogP contribution < -0.4 is 10.2 Å². The number of aromatic nitrogens is 2. The van der Waals surface area contributed by atoms with Gasteiger partial charge in [-0.1, -0.05) is 0 Å². The minimum absolute atomic E-state index is 0.124. The summed E-state index contributed by atoms with van der Waals surface area (Å²) in [5.41, 5.74) is 0. The predicted octanol–water partition coefficient (Wildman–Crippen LogP) is -0.129. The largest absolute Gasteiger partial charge is 0.380 e. The second kappa shape index (κ2) is 5.44. The number of likely N-dealkylation sites (N-methyl/N-ethyl adjacent to an activating group) is 1. The standard InChI is InChI=1S/C12H21N5O2/c1-16-3-5-17(6-4-16)12-14-11(19-15-12)10-7-9(18-2)8-13-10/h9-10,13H,3-8H2,1-2H3/t9-,10+/m0/s1. The number of piperazine rings is 1. The van der Waals surface area contributed by atoms with Crippen molar-refractivity contribution in [3.05, 3.63) is 5.89 Å². The lowest BCUT2D eigenvalue weighted by Crippen LogP contribution is -2.44. The van der Waals surface area contributed by atoms with Crippen LogP contribution in [0.4, 0.5) is 5.95 Å². The van der Waals surface area contributed by atoms with Crippen molar-refractivity contribution in [2.45, 2.75) is 18.6 Å². The molecule has 0 aromatic carbocycles. The number of anilines is 1. The van der Waals surface area contributed by atoms with Crippen LogP contribution in [-0.2, 0) is 4.74 Å². The van der Waals surface area contributed by atoms with E-state index in [2.05, 4.69) is 32.3 Å². The highest BCUT2D eigenvalue weighted by atomic mass is 16.5. The lowest BCUT2D eigenvalue weighted by Gasteiger charge is -2.31. The van der Waals surface area contributed by atoms with Gasteiger partial charge in [0.05, 0.1) is 12.1 Å². The van der Waals surface area contributed by atoms with E-state index < -0.39 is 0 Å². The summed E-state index contributed by atoms with van der Waals surface area (Å²) >= 11 is 0. The van der Waals surface area contributed by atoms with Gasteiger partial charge in [-0.2, -0.15) is 4.98 Å². The van der Waals surface area contributed by atoms with Gasteiger partial charge in [0.25, 0.3) is 5.95 Å². The highest BCUT2D eigenvalue weighted by Crippen LogP contribution is 2.25. The molecule has 1 N–H and O–H groups in total. The van der Waals surface area contributed by atoms with E-state index in [1.54, 1.807) is 7.11 Å². The quantitative estimate of drug-likeness (QED) is 0.818. The Bertz CT molecular complexity index is 400. The first kappa shape index (κ1) is 12.8. The molecule has 0 aliphatic carbocycles. The SMILES string of the molecule is CO[C@@H]1CN[C@@H](c2nc(N3CCN(C)CC3)no2)C1. The Morgan fingerprint density at radius 3 is 2.79 bits per heavy atom. The predicted molar refractivity (Wildman–Crippen MR) is 70.2 cm³/mol. The minimum atomic E-state index is 0.124. The van der Waals surface area contributed by atoms with Crippen LogP contribution in [-0.4, -0.2) is 68.0 Å². The summed E-state index contributed by atoms with van der Waals surface area (Å²) in [6, 6.07) is 0.124. The average Bonchev–Trinajstić information content (AvgIpc) is 3.08. The van der Waals surface area contributed by atoms with Crippen molar-refractivity contribution in [1.29, 1.82) is 0 Å². The fourth-order valence-corrected chi connectivity index (χ4v) is 2.57. The number of ether oxygens (including phenoxy) is 1. The van der Waals surface area contributed by atoms with E-state index in [1.807, 2.05) is 0 Å². The molecule has 2 atom stereocenters. The maximum Gasteiger partial charge on any atom is 0.266 e. The smallest absolute Gasteiger partial charge is 0.266 e. The Hall–Kier alpha value is -1.18. The molecular formula is C12H21N5O2. The van der Waals surface area contributed by atoms with Crippen molar-refractivity contribution in [1.82, 2.24) is 20.4 Å². The molecular weight excluding hydrogens is 246 g/mol. The van der Waals surface area contributed by atoms with Crippen LogP contribution in [0.5, 0.6) is 0 Å². The number of nitrogens with zero attached hydrogens (tertiary/aromatic N) is 4. The van der Waals surface area contributed by atoms with Gasteiger partial charge in [-0.25, -0.2) is 0 Å². The molecule has 2 aliphatic heterocycles. The third-order valence-corrected chi connectivity index (χ3v) is 3.94. The number of hydrogen-bond donors (Lipinski definition) is 1. The summed E-state index contributed by atoms with van der Waals surface area (Å²) < 4.78 is 10.7. The van der Waals surface area contributed by atoms with Gasteiger partial charge in [0, 0.05) is 39.8 Å². The molecule has 0 bridgehead atoms. The van der Waals surface area contributed by atoms with Crippen molar-refractivity contribution in [3.8, 4) is 0 Å². The first-order valence-electron chi connectivity index (χ1n) is 6.79. The fraction of sp³-hybridized carbons (Fsp3) is 0.833. The molecule has 0 unspecified atom stereocenters. The third-order valence-electron chi connectivity index (χ3n) is 3.94. The van der Waals surface area contributed by atoms with Crippen molar-refractivity contribution in [3.63, 3.8) is 0 Å². The topological polar surface area (TPSA) is 66.7 Å². The van der Waals surface area contributed by atoms with Gasteiger partial charge in [0.1, 0.15) is 0 Å². The summed E-state index contributed by atoms with van der Waals surface area (Å²) in [5.74, 6) is 1.39. The van der Waals surface area contributed by atoms with E-state index in [4.69, 9.17) is 9.26 Å². The van der Waals surface area contributed by atoms with Crippen molar-refractivity contribution in [2.75, 3.05) is 51.8 Å². The van der Waals surface area contributed by atoms with E-state index >= 15 is 0 Å². The fourth-order valence-electron chi connectivity index (χ4n) is 2.57. The van der Waals surface area contributed by atoms with Crippen molar-refractivity contribution >= 4 is 5.95 Å². The van der Waals surface area contributed by atoms with Gasteiger partial charge in [-0.05, 0) is 18.6 Å². The summed E-state index contributed by atoms with van der Waals surface area (Å²) in [6.45, 7) is 4.82. The first-order valence-corrected chi connectivity index (χ1v) is 6.79. The van der Waals surface area contributed by atoms with Gasteiger partial charge >= 0.3 is 0 Å². The minimum Gasteiger partial charge on any atom is -0.380 e. The molecule has 1 aromatic heterocycles. The summed E-state index contributed by atoms with van der Waals surface area (Å²) in [4.78, 5) is 9.00. The monoisotopic (exact) mass is 267 g/mol. The van der Waals surface area contributed by atoms with Crippen LogP contribution in [0.1, 0.15) is 18.4 Å². The lowest BCUT2D eigenvalue weighted by atomic mass is 10.2. The van der Waals surface area contributed by atoms with E-state index in [0.717, 1.165) is 39.1 Å². The molecule has 7 heteroatoms. The van der Waals surface area contributed by atoms with Crippen LogP contribution in [0.2, 0.25) is 0 Å². The second-order valence-electron chi connectivity index (χ2n) is 5.28. The van der Waals surface area contributed by atoms with Crippen LogP contribution in [0.15, 0.2) is 4.52 Å². The molecule has 2 fully saturated rings. The van der Waals surface area contributed by atoms with E-state index in [1.165, 1.54) is 0 Å². The number of methoxy groups -OCH3 is 1. The zero-order valence-corrected chi connectivity index (χ0v) is 11.5. The Labute approximate surface area is 112 Å². The molecule has 1 aromatic rings. The van der Waals surface area contributed by atoms with Gasteiger partial charge in [-0.3, -0.25) is 0 Å². The maximum absolute atomic E-state index is 5.39. The van der Waals surface area contributed by atoms with Crippen molar-refractivity contribution in [2.24, 2.45) is 0 Å². The Balaban J connectivity index is 1.63. The number of nitrogens with one attached hydrogen (secondary N) is 1. The molecule has 0 radical (unpaired) electrons. The van der Waals surface area contributed by atoms with Crippen LogP contribution in [0.3, 0.4) is 0 Å². The second-order valence-corrected chi connectivity index (χ2v) is 5.28. The zero-order chi connectivity index (χ0) is 13.2. The molecule has 7 nitrogen and oxygen atoms in total. The van der Waals surface area contributed by atoms with Crippen LogP contribution in [0, 0.1) is 0 Å². The van der Waals surface area contributed by atoms with E-state index in [0.29, 0.717) is 11.8 Å². The first-order chi connectivity index (χ1) is 9.26. The molecule has 3 heterocycles. The molecule has 0 saturated carbocycles. The van der Waals surface area contributed by atoms with Gasteiger partial charge in [0.15, 0.2) is 0 Å². The maximum atomic E-state index is 5.39. The summed E-state index contributed by atoms with van der Waals surface area (Å²) in [6.07, 6.45) is 1.13. The Morgan fingerprint density at radius 2 is 2.11 bits per heavy atom. The molecule has 2 aliphatic rings. The van der Waals surface area contributed by atoms with Crippen LogP contribution >= 0.6 is 0 Å². The Morgan fingerprint density at radius 1 is 1.32 bits per heavy atom. The molecule has 3 rings (SSSR count). The van der Waals surface area contributed by atoms with E-state index in [9.17, 15) is 0 Å². The molecule has 2 saturated heterocycles. The lowest BCUT2D eigenvalue weighted by molar-refractivity contribution is 0.116. The normalized spacial score (nSPS) is 29.1. The third kappa shape index (κ3) is 2.72. The molecule has 0 spiro atoms. The van der Waals surface area contributed by atoms with Gasteiger partial charge in [-0.15, -0.1) is 0 Å². The van der Waals surface area contributed by atoms with Crippen LogP contribution in [0.25, 0.3) is 0 Å². The highest BCUT2D eigenvalue weighted by Gasteiger charge is 2.30. The highest BCUT2D eigenvalue weighted by molar-refractivity contribution is 5.29. The number of rotatable bonds is 3. The zero-order valence-electron chi connectivity index (χ0n) is 11.5. The summed E-state index contributed by atoms with van der Waals surface area (Å²) in [5, 5.41) is 7.45.